The van der Waals surface area contributed by atoms with E-state index >= 15 is 0 Å². The molecule has 0 saturated carbocycles. The predicted octanol–water partition coefficient (Wildman–Crippen LogP) is 4.73. The molecule has 0 fully saturated rings. The van der Waals surface area contributed by atoms with E-state index in [1.165, 1.54) is 11.8 Å². The summed E-state index contributed by atoms with van der Waals surface area (Å²) in [6.45, 7) is 3.71. The summed E-state index contributed by atoms with van der Waals surface area (Å²) >= 11 is 13.6. The predicted molar refractivity (Wildman–Crippen MR) is 104 cm³/mol. The molecule has 3 aromatic rings. The minimum atomic E-state index is -0.228. The van der Waals surface area contributed by atoms with Crippen LogP contribution in [0.2, 0.25) is 10.0 Å². The van der Waals surface area contributed by atoms with Crippen LogP contribution in [0.25, 0.3) is 11.4 Å². The number of hydrogen-bond acceptors (Lipinski definition) is 5. The third-order valence-electron chi connectivity index (χ3n) is 3.82. The molecular formula is C17H16Cl2N4O2S. The van der Waals surface area contributed by atoms with E-state index in [1.54, 1.807) is 18.4 Å². The fourth-order valence-corrected chi connectivity index (χ4v) is 3.55. The summed E-state index contributed by atoms with van der Waals surface area (Å²) < 4.78 is 7.12. The first kappa shape index (κ1) is 18.8. The summed E-state index contributed by atoms with van der Waals surface area (Å²) in [5.41, 5.74) is 2.13. The maximum absolute atomic E-state index is 12.3. The molecule has 0 aliphatic rings. The number of halogens is 2. The normalized spacial score (nSPS) is 11.0. The number of thioether (sulfide) groups is 1. The molecular weight excluding hydrogens is 395 g/mol. The molecule has 0 atom stereocenters. The topological polar surface area (TPSA) is 73.0 Å². The van der Waals surface area contributed by atoms with Gasteiger partial charge in [0.15, 0.2) is 11.0 Å². The van der Waals surface area contributed by atoms with E-state index in [2.05, 4.69) is 15.5 Å². The Balaban J connectivity index is 1.69. The molecule has 0 aliphatic carbocycles. The molecule has 26 heavy (non-hydrogen) atoms. The van der Waals surface area contributed by atoms with Crippen molar-refractivity contribution in [2.24, 2.45) is 7.05 Å². The van der Waals surface area contributed by atoms with E-state index in [-0.39, 0.29) is 11.7 Å². The van der Waals surface area contributed by atoms with Crippen LogP contribution >= 0.6 is 35.0 Å². The van der Waals surface area contributed by atoms with Crippen LogP contribution in [0.3, 0.4) is 0 Å². The second kappa shape index (κ2) is 7.73. The summed E-state index contributed by atoms with van der Waals surface area (Å²) in [4.78, 5) is 12.3. The van der Waals surface area contributed by atoms with Gasteiger partial charge in [0.25, 0.3) is 0 Å². The number of nitrogens with zero attached hydrogens (tertiary/aromatic N) is 3. The Hall–Kier alpha value is -1.96. The van der Waals surface area contributed by atoms with Crippen LogP contribution in [0.1, 0.15) is 11.3 Å². The van der Waals surface area contributed by atoms with Gasteiger partial charge in [0.1, 0.15) is 5.76 Å². The van der Waals surface area contributed by atoms with Crippen molar-refractivity contribution in [1.82, 2.24) is 14.8 Å². The van der Waals surface area contributed by atoms with Crippen LogP contribution in [0.5, 0.6) is 0 Å². The highest BCUT2D eigenvalue weighted by molar-refractivity contribution is 7.99. The molecule has 0 radical (unpaired) electrons. The van der Waals surface area contributed by atoms with Gasteiger partial charge in [-0.05, 0) is 31.5 Å². The number of aryl methyl sites for hydroxylation is 2. The maximum atomic E-state index is 12.3. The van der Waals surface area contributed by atoms with Crippen molar-refractivity contribution >= 4 is 46.6 Å². The van der Waals surface area contributed by atoms with E-state index in [1.807, 2.05) is 31.5 Å². The van der Waals surface area contributed by atoms with Crippen molar-refractivity contribution in [3.8, 4) is 11.4 Å². The smallest absolute Gasteiger partial charge is 0.234 e. The number of rotatable bonds is 5. The Kier molecular flexibility index (Phi) is 5.60. The molecule has 136 valence electrons. The van der Waals surface area contributed by atoms with Gasteiger partial charge < -0.3 is 14.3 Å². The quantitative estimate of drug-likeness (QED) is 0.615. The van der Waals surface area contributed by atoms with Crippen molar-refractivity contribution < 1.29 is 9.21 Å². The molecule has 0 aliphatic heterocycles. The monoisotopic (exact) mass is 410 g/mol. The fraction of sp³-hybridized carbons (Fsp3) is 0.235. The van der Waals surface area contributed by atoms with E-state index in [0.29, 0.717) is 26.7 Å². The van der Waals surface area contributed by atoms with Gasteiger partial charge in [-0.2, -0.15) is 0 Å². The Bertz CT molecular complexity index is 968. The van der Waals surface area contributed by atoms with Crippen molar-refractivity contribution in [3.05, 3.63) is 45.8 Å². The maximum Gasteiger partial charge on any atom is 0.234 e. The van der Waals surface area contributed by atoms with E-state index in [0.717, 1.165) is 16.9 Å². The summed E-state index contributed by atoms with van der Waals surface area (Å²) in [6, 6.07) is 5.34. The lowest BCUT2D eigenvalue weighted by Gasteiger charge is -2.11. The zero-order valence-corrected chi connectivity index (χ0v) is 16.7. The van der Waals surface area contributed by atoms with Crippen LogP contribution in [0, 0.1) is 13.8 Å². The third kappa shape index (κ3) is 3.75. The number of furan rings is 1. The molecule has 0 spiro atoms. The summed E-state index contributed by atoms with van der Waals surface area (Å²) in [5.74, 6) is 1.37. The number of aromatic nitrogens is 3. The van der Waals surface area contributed by atoms with Crippen molar-refractivity contribution in [1.29, 1.82) is 0 Å². The zero-order chi connectivity index (χ0) is 18.8. The molecule has 3 rings (SSSR count). The van der Waals surface area contributed by atoms with Crippen molar-refractivity contribution in [2.45, 2.75) is 19.0 Å². The standard InChI is InChI=1S/C17H16Cl2N4O2S/c1-9-4-5-12(18)15(14(9)19)20-13(24)8-26-17-22-21-16(23(17)3)11-6-7-25-10(11)2/h4-7H,8H2,1-3H3,(H,20,24). The Morgan fingerprint density at radius 1 is 1.27 bits per heavy atom. The average Bonchev–Trinajstić information content (AvgIpc) is 3.18. The Labute approximate surface area is 164 Å². The first-order chi connectivity index (χ1) is 12.4. The van der Waals surface area contributed by atoms with E-state index < -0.39 is 0 Å². The van der Waals surface area contributed by atoms with E-state index in [9.17, 15) is 4.79 Å². The third-order valence-corrected chi connectivity index (χ3v) is 5.64. The van der Waals surface area contributed by atoms with Crippen molar-refractivity contribution in [3.63, 3.8) is 0 Å². The number of nitrogens with one attached hydrogen (secondary N) is 1. The van der Waals surface area contributed by atoms with Crippen molar-refractivity contribution in [2.75, 3.05) is 11.1 Å². The number of anilines is 1. The first-order valence-corrected chi connectivity index (χ1v) is 9.43. The van der Waals surface area contributed by atoms with Gasteiger partial charge in [-0.3, -0.25) is 4.79 Å². The number of benzene rings is 1. The highest BCUT2D eigenvalue weighted by Crippen LogP contribution is 2.33. The fourth-order valence-electron chi connectivity index (χ4n) is 2.37. The molecule has 0 unspecified atom stereocenters. The molecule has 2 heterocycles. The average molecular weight is 411 g/mol. The van der Waals surface area contributed by atoms with Gasteiger partial charge in [-0.25, -0.2) is 0 Å². The van der Waals surface area contributed by atoms with Crippen LogP contribution in [-0.2, 0) is 11.8 Å². The van der Waals surface area contributed by atoms with Gasteiger partial charge in [0.05, 0.1) is 33.3 Å². The highest BCUT2D eigenvalue weighted by Gasteiger charge is 2.17. The summed E-state index contributed by atoms with van der Waals surface area (Å²) in [5, 5.41) is 12.5. The van der Waals surface area contributed by atoms with Gasteiger partial charge in [-0.15, -0.1) is 10.2 Å². The lowest BCUT2D eigenvalue weighted by Crippen LogP contribution is -2.15. The number of carbonyl (C=O) groups is 1. The second-order valence-electron chi connectivity index (χ2n) is 5.65. The van der Waals surface area contributed by atoms with Gasteiger partial charge in [-0.1, -0.05) is 41.0 Å². The SMILES string of the molecule is Cc1ccc(Cl)c(NC(=O)CSc2nnc(-c3ccoc3C)n2C)c1Cl. The number of carbonyl (C=O) groups excluding carboxylic acids is 1. The largest absolute Gasteiger partial charge is 0.469 e. The zero-order valence-electron chi connectivity index (χ0n) is 14.3. The Morgan fingerprint density at radius 2 is 2.04 bits per heavy atom. The minimum absolute atomic E-state index is 0.150. The van der Waals surface area contributed by atoms with Crippen LogP contribution in [0.4, 0.5) is 5.69 Å². The molecule has 0 saturated heterocycles. The first-order valence-electron chi connectivity index (χ1n) is 7.69. The van der Waals surface area contributed by atoms with Crippen LogP contribution in [-0.4, -0.2) is 26.4 Å². The molecule has 1 aromatic carbocycles. The number of hydrogen-bond donors (Lipinski definition) is 1. The number of amides is 1. The summed E-state index contributed by atoms with van der Waals surface area (Å²) in [7, 11) is 1.84. The van der Waals surface area contributed by atoms with Gasteiger partial charge >= 0.3 is 0 Å². The molecule has 9 heteroatoms. The molecule has 0 bridgehead atoms. The molecule has 6 nitrogen and oxygen atoms in total. The lowest BCUT2D eigenvalue weighted by atomic mass is 10.2. The van der Waals surface area contributed by atoms with E-state index in [4.69, 9.17) is 27.6 Å². The Morgan fingerprint density at radius 3 is 2.73 bits per heavy atom. The minimum Gasteiger partial charge on any atom is -0.469 e. The summed E-state index contributed by atoms with van der Waals surface area (Å²) in [6.07, 6.45) is 1.61. The van der Waals surface area contributed by atoms with Crippen LogP contribution in [0.15, 0.2) is 34.0 Å². The molecule has 1 amide bonds. The van der Waals surface area contributed by atoms with Gasteiger partial charge in [0, 0.05) is 7.05 Å². The van der Waals surface area contributed by atoms with Crippen LogP contribution < -0.4 is 5.32 Å². The highest BCUT2D eigenvalue weighted by atomic mass is 35.5. The molecule has 1 N–H and O–H groups in total. The van der Waals surface area contributed by atoms with Gasteiger partial charge in [0.2, 0.25) is 5.91 Å². The molecule has 2 aromatic heterocycles. The second-order valence-corrected chi connectivity index (χ2v) is 7.37. The lowest BCUT2D eigenvalue weighted by molar-refractivity contribution is -0.113.